The first-order valence-corrected chi connectivity index (χ1v) is 8.64. The molecule has 0 aliphatic heterocycles. The summed E-state index contributed by atoms with van der Waals surface area (Å²) >= 11 is 0. The van der Waals surface area contributed by atoms with Crippen LogP contribution in [0.2, 0.25) is 0 Å². The fraction of sp³-hybridized carbons (Fsp3) is 0.300. The number of hydrogen-bond acceptors (Lipinski definition) is 4. The topological polar surface area (TPSA) is 149 Å². The molecule has 8 heteroatoms. The van der Waals surface area contributed by atoms with E-state index in [-0.39, 0.29) is 24.0 Å². The van der Waals surface area contributed by atoms with Crippen molar-refractivity contribution in [2.24, 2.45) is 5.41 Å². The number of aromatic carboxylic acids is 2. The van der Waals surface area contributed by atoms with Gasteiger partial charge >= 0.3 is 23.9 Å². The third-order valence-electron chi connectivity index (χ3n) is 4.86. The minimum atomic E-state index is -1.49. The van der Waals surface area contributed by atoms with Crippen LogP contribution < -0.4 is 0 Å². The average Bonchev–Trinajstić information content (AvgIpc) is 2.67. The van der Waals surface area contributed by atoms with Crippen molar-refractivity contribution in [1.29, 1.82) is 0 Å². The molecule has 4 N–H and O–H groups in total. The van der Waals surface area contributed by atoms with Crippen molar-refractivity contribution in [2.45, 2.75) is 32.1 Å². The highest BCUT2D eigenvalue weighted by Gasteiger charge is 2.46. The highest BCUT2D eigenvalue weighted by Crippen LogP contribution is 2.36. The summed E-state index contributed by atoms with van der Waals surface area (Å²) in [6, 6.07) is 9.22. The summed E-state index contributed by atoms with van der Waals surface area (Å²) in [6.45, 7) is 0. The minimum absolute atomic E-state index is 0.148. The first-order valence-electron chi connectivity index (χ1n) is 8.64. The zero-order valence-electron chi connectivity index (χ0n) is 14.9. The maximum absolute atomic E-state index is 10.7. The van der Waals surface area contributed by atoms with Gasteiger partial charge in [0.15, 0.2) is 5.41 Å². The van der Waals surface area contributed by atoms with Gasteiger partial charge in [0.25, 0.3) is 0 Å². The van der Waals surface area contributed by atoms with E-state index < -0.39 is 29.3 Å². The average molecular weight is 388 g/mol. The second-order valence-electron chi connectivity index (χ2n) is 6.64. The SMILES string of the molecule is O=C(O)C1(C(=O)O)CCCCC1.O=C(O)c1ccc2ccc(C(=O)O)cc2c1. The zero-order valence-corrected chi connectivity index (χ0v) is 14.9. The number of rotatable bonds is 4. The normalized spacial score (nSPS) is 15.1. The van der Waals surface area contributed by atoms with Gasteiger partial charge in [-0.25, -0.2) is 9.59 Å². The maximum atomic E-state index is 10.7. The lowest BCUT2D eigenvalue weighted by Gasteiger charge is -2.28. The van der Waals surface area contributed by atoms with E-state index in [2.05, 4.69) is 0 Å². The quantitative estimate of drug-likeness (QED) is 0.583. The Morgan fingerprint density at radius 1 is 0.643 bits per heavy atom. The standard InChI is InChI=1S/C12H8O4.C8H12O4/c13-11(14)8-3-1-7-2-4-9(12(15)16)6-10(7)5-8;9-6(10)8(7(11)12)4-2-1-3-5-8/h1-6H,(H,13,14)(H,15,16);1-5H2,(H,9,10)(H,11,12). The first-order chi connectivity index (χ1) is 13.2. The lowest BCUT2D eigenvalue weighted by molar-refractivity contribution is -0.167. The predicted octanol–water partition coefficient (Wildman–Crippen LogP) is 3.34. The van der Waals surface area contributed by atoms with E-state index in [1.165, 1.54) is 24.3 Å². The molecule has 148 valence electrons. The number of carbonyl (C=O) groups is 4. The number of benzene rings is 2. The van der Waals surface area contributed by atoms with E-state index in [1.54, 1.807) is 12.1 Å². The molecule has 1 saturated carbocycles. The van der Waals surface area contributed by atoms with Gasteiger partial charge in [0, 0.05) is 0 Å². The zero-order chi connectivity index (χ0) is 20.9. The fourth-order valence-corrected chi connectivity index (χ4v) is 3.19. The van der Waals surface area contributed by atoms with Gasteiger partial charge in [-0.15, -0.1) is 0 Å². The van der Waals surface area contributed by atoms with Crippen LogP contribution in [0, 0.1) is 5.41 Å². The molecule has 0 spiro atoms. The maximum Gasteiger partial charge on any atom is 0.335 e. The molecule has 0 bridgehead atoms. The van der Waals surface area contributed by atoms with Gasteiger partial charge in [-0.2, -0.15) is 0 Å². The summed E-state index contributed by atoms with van der Waals surface area (Å²) in [4.78, 5) is 43.0. The van der Waals surface area contributed by atoms with Gasteiger partial charge in [-0.05, 0) is 47.9 Å². The monoisotopic (exact) mass is 388 g/mol. The molecule has 8 nitrogen and oxygen atoms in total. The molecule has 0 unspecified atom stereocenters. The Balaban J connectivity index is 0.000000209. The Morgan fingerprint density at radius 3 is 1.39 bits per heavy atom. The molecule has 28 heavy (non-hydrogen) atoms. The molecule has 0 radical (unpaired) electrons. The molecule has 0 aromatic heterocycles. The van der Waals surface area contributed by atoms with Gasteiger partial charge in [0.1, 0.15) is 0 Å². The number of fused-ring (bicyclic) bond motifs is 1. The van der Waals surface area contributed by atoms with Crippen molar-refractivity contribution in [3.8, 4) is 0 Å². The summed E-state index contributed by atoms with van der Waals surface area (Å²) in [6.07, 6.45) is 2.91. The van der Waals surface area contributed by atoms with Crippen LogP contribution in [0.4, 0.5) is 0 Å². The Labute approximate surface area is 160 Å². The van der Waals surface area contributed by atoms with E-state index >= 15 is 0 Å². The van der Waals surface area contributed by atoms with Crippen molar-refractivity contribution < 1.29 is 39.6 Å². The molecule has 1 aliphatic rings. The Bertz CT molecular complexity index is 860. The van der Waals surface area contributed by atoms with Crippen LogP contribution in [0.1, 0.15) is 52.8 Å². The Morgan fingerprint density at radius 2 is 1.07 bits per heavy atom. The van der Waals surface area contributed by atoms with Crippen molar-refractivity contribution >= 4 is 34.6 Å². The molecular formula is C20H20O8. The molecule has 1 fully saturated rings. The molecule has 2 aromatic carbocycles. The number of carboxylic acids is 4. The van der Waals surface area contributed by atoms with Crippen molar-refractivity contribution in [3.05, 3.63) is 47.5 Å². The van der Waals surface area contributed by atoms with Crippen LogP contribution in [0.15, 0.2) is 36.4 Å². The summed E-state index contributed by atoms with van der Waals surface area (Å²) in [7, 11) is 0. The number of carboxylic acid groups (broad SMARTS) is 4. The molecule has 0 saturated heterocycles. The lowest BCUT2D eigenvalue weighted by atomic mass is 9.74. The third kappa shape index (κ3) is 4.46. The predicted molar refractivity (Wildman–Crippen MR) is 98.7 cm³/mol. The van der Waals surface area contributed by atoms with Crippen LogP contribution in [0.5, 0.6) is 0 Å². The van der Waals surface area contributed by atoms with Gasteiger partial charge in [-0.1, -0.05) is 31.4 Å². The lowest BCUT2D eigenvalue weighted by Crippen LogP contribution is -2.40. The summed E-state index contributed by atoms with van der Waals surface area (Å²) < 4.78 is 0. The fourth-order valence-electron chi connectivity index (χ4n) is 3.19. The van der Waals surface area contributed by atoms with Crippen molar-refractivity contribution in [1.82, 2.24) is 0 Å². The smallest absolute Gasteiger partial charge is 0.335 e. The number of hydrogen-bond donors (Lipinski definition) is 4. The van der Waals surface area contributed by atoms with E-state index in [4.69, 9.17) is 20.4 Å². The molecule has 3 rings (SSSR count). The Kier molecular flexibility index (Phi) is 6.35. The summed E-state index contributed by atoms with van der Waals surface area (Å²) in [5.41, 5.74) is -1.19. The summed E-state index contributed by atoms with van der Waals surface area (Å²) in [5, 5.41) is 36.6. The van der Waals surface area contributed by atoms with Crippen LogP contribution in [-0.2, 0) is 9.59 Å². The van der Waals surface area contributed by atoms with Crippen LogP contribution >= 0.6 is 0 Å². The largest absolute Gasteiger partial charge is 0.480 e. The van der Waals surface area contributed by atoms with E-state index in [0.29, 0.717) is 18.2 Å². The van der Waals surface area contributed by atoms with E-state index in [9.17, 15) is 19.2 Å². The van der Waals surface area contributed by atoms with E-state index in [1.807, 2.05) is 0 Å². The van der Waals surface area contributed by atoms with Gasteiger partial charge in [-0.3, -0.25) is 9.59 Å². The van der Waals surface area contributed by atoms with Crippen LogP contribution in [0.3, 0.4) is 0 Å². The Hall–Kier alpha value is -3.42. The molecule has 0 atom stereocenters. The van der Waals surface area contributed by atoms with Gasteiger partial charge < -0.3 is 20.4 Å². The third-order valence-corrected chi connectivity index (χ3v) is 4.86. The summed E-state index contributed by atoms with van der Waals surface area (Å²) in [5.74, 6) is -4.42. The molecule has 0 amide bonds. The number of aliphatic carboxylic acids is 2. The molecular weight excluding hydrogens is 368 g/mol. The van der Waals surface area contributed by atoms with Crippen LogP contribution in [0.25, 0.3) is 10.8 Å². The highest BCUT2D eigenvalue weighted by atomic mass is 16.4. The van der Waals surface area contributed by atoms with Gasteiger partial charge in [0.2, 0.25) is 0 Å². The van der Waals surface area contributed by atoms with E-state index in [0.717, 1.165) is 11.8 Å². The first kappa shape index (κ1) is 20.9. The molecule has 1 aliphatic carbocycles. The second kappa shape index (κ2) is 8.51. The van der Waals surface area contributed by atoms with Crippen LogP contribution in [-0.4, -0.2) is 44.3 Å². The minimum Gasteiger partial charge on any atom is -0.480 e. The van der Waals surface area contributed by atoms with Crippen molar-refractivity contribution in [2.75, 3.05) is 0 Å². The molecule has 0 heterocycles. The van der Waals surface area contributed by atoms with Crippen molar-refractivity contribution in [3.63, 3.8) is 0 Å². The molecule has 2 aromatic rings. The second-order valence-corrected chi connectivity index (χ2v) is 6.64. The highest BCUT2D eigenvalue weighted by molar-refractivity contribution is 5.99. The van der Waals surface area contributed by atoms with Gasteiger partial charge in [0.05, 0.1) is 11.1 Å².